The molecule has 1 N–H and O–H groups in total. The number of carbonyl (C=O) groups excluding carboxylic acids is 1. The minimum absolute atomic E-state index is 0.172. The van der Waals surface area contributed by atoms with Crippen molar-refractivity contribution in [3.63, 3.8) is 0 Å². The molecular weight excluding hydrogens is 376 g/mol. The second kappa shape index (κ2) is 7.63. The van der Waals surface area contributed by atoms with Gasteiger partial charge in [-0.15, -0.1) is 0 Å². The Morgan fingerprint density at radius 2 is 1.76 bits per heavy atom. The number of fused-ring (bicyclic) bond motifs is 1. The van der Waals surface area contributed by atoms with Crippen molar-refractivity contribution in [3.8, 4) is 11.3 Å². The zero-order chi connectivity index (χ0) is 20.4. The maximum absolute atomic E-state index is 13.7. The third-order valence-electron chi connectivity index (χ3n) is 4.43. The highest BCUT2D eigenvalue weighted by molar-refractivity contribution is 5.95. The number of nitrogens with zero attached hydrogens (tertiary/aromatic N) is 2. The molecule has 3 aromatic carbocycles. The van der Waals surface area contributed by atoms with Crippen molar-refractivity contribution in [2.45, 2.75) is 6.54 Å². The standard InChI is InChI=1S/C22H15F2N3O2/c23-15-8-9-20(18(24)12-15)25-21(28)13-27-22(29)11-10-19(26-27)17-7-3-5-14-4-1-2-6-16(14)17/h1-12H,13H2,(H,25,28). The molecule has 0 radical (unpaired) electrons. The van der Waals surface area contributed by atoms with Gasteiger partial charge in [0.2, 0.25) is 5.91 Å². The Labute approximate surface area is 164 Å². The Kier molecular flexibility index (Phi) is 4.87. The lowest BCUT2D eigenvalue weighted by Gasteiger charge is -2.10. The van der Waals surface area contributed by atoms with E-state index in [1.165, 1.54) is 6.07 Å². The molecular formula is C22H15F2N3O2. The van der Waals surface area contributed by atoms with Crippen molar-refractivity contribution in [1.82, 2.24) is 9.78 Å². The lowest BCUT2D eigenvalue weighted by Crippen LogP contribution is -2.29. The summed E-state index contributed by atoms with van der Waals surface area (Å²) in [6.45, 7) is -0.408. The van der Waals surface area contributed by atoms with E-state index in [0.29, 0.717) is 11.8 Å². The molecule has 0 unspecified atom stereocenters. The molecule has 5 nitrogen and oxygen atoms in total. The molecule has 7 heteroatoms. The third kappa shape index (κ3) is 3.89. The largest absolute Gasteiger partial charge is 0.322 e. The van der Waals surface area contributed by atoms with Gasteiger partial charge in [-0.25, -0.2) is 13.5 Å². The van der Waals surface area contributed by atoms with Crippen LogP contribution in [0.15, 0.2) is 77.6 Å². The van der Waals surface area contributed by atoms with E-state index in [1.54, 1.807) is 6.07 Å². The van der Waals surface area contributed by atoms with Crippen LogP contribution < -0.4 is 10.9 Å². The molecule has 0 spiro atoms. The van der Waals surface area contributed by atoms with E-state index >= 15 is 0 Å². The molecule has 1 heterocycles. The van der Waals surface area contributed by atoms with Gasteiger partial charge < -0.3 is 5.32 Å². The summed E-state index contributed by atoms with van der Waals surface area (Å²) in [6.07, 6.45) is 0. The van der Waals surface area contributed by atoms with Gasteiger partial charge in [-0.3, -0.25) is 9.59 Å². The number of rotatable bonds is 4. The van der Waals surface area contributed by atoms with Crippen LogP contribution in [0.3, 0.4) is 0 Å². The number of nitrogens with one attached hydrogen (secondary N) is 1. The van der Waals surface area contributed by atoms with Gasteiger partial charge in [0, 0.05) is 17.7 Å². The fraction of sp³-hybridized carbons (Fsp3) is 0.0455. The van der Waals surface area contributed by atoms with Gasteiger partial charge in [0.05, 0.1) is 11.4 Å². The van der Waals surface area contributed by atoms with Crippen molar-refractivity contribution in [3.05, 3.63) is 94.8 Å². The van der Waals surface area contributed by atoms with Gasteiger partial charge in [0.25, 0.3) is 5.56 Å². The van der Waals surface area contributed by atoms with Crippen LogP contribution in [-0.2, 0) is 11.3 Å². The number of anilines is 1. The molecule has 0 saturated heterocycles. The highest BCUT2D eigenvalue weighted by Crippen LogP contribution is 2.26. The number of benzene rings is 3. The molecule has 0 saturated carbocycles. The van der Waals surface area contributed by atoms with Crippen LogP contribution in [-0.4, -0.2) is 15.7 Å². The van der Waals surface area contributed by atoms with Crippen LogP contribution in [0.1, 0.15) is 0 Å². The Bertz CT molecular complexity index is 1280. The molecule has 0 bridgehead atoms. The van der Waals surface area contributed by atoms with E-state index in [2.05, 4.69) is 10.4 Å². The summed E-state index contributed by atoms with van der Waals surface area (Å²) >= 11 is 0. The molecule has 144 valence electrons. The highest BCUT2D eigenvalue weighted by atomic mass is 19.1. The van der Waals surface area contributed by atoms with Crippen LogP contribution in [0.4, 0.5) is 14.5 Å². The summed E-state index contributed by atoms with van der Waals surface area (Å²) in [7, 11) is 0. The van der Waals surface area contributed by atoms with Crippen molar-refractivity contribution in [2.75, 3.05) is 5.32 Å². The molecule has 4 rings (SSSR count). The van der Waals surface area contributed by atoms with Crippen LogP contribution in [0, 0.1) is 11.6 Å². The summed E-state index contributed by atoms with van der Waals surface area (Å²) < 4.78 is 27.7. The van der Waals surface area contributed by atoms with Crippen LogP contribution in [0.5, 0.6) is 0 Å². The van der Waals surface area contributed by atoms with E-state index < -0.39 is 29.6 Å². The van der Waals surface area contributed by atoms with Gasteiger partial charge in [-0.2, -0.15) is 5.10 Å². The average Bonchev–Trinajstić information content (AvgIpc) is 2.71. The first-order valence-corrected chi connectivity index (χ1v) is 8.82. The summed E-state index contributed by atoms with van der Waals surface area (Å²) in [5, 5.41) is 8.61. The maximum Gasteiger partial charge on any atom is 0.267 e. The topological polar surface area (TPSA) is 64.0 Å². The van der Waals surface area contributed by atoms with Crippen molar-refractivity contribution < 1.29 is 13.6 Å². The van der Waals surface area contributed by atoms with Gasteiger partial charge in [-0.1, -0.05) is 42.5 Å². The van der Waals surface area contributed by atoms with E-state index in [9.17, 15) is 18.4 Å². The minimum Gasteiger partial charge on any atom is -0.322 e. The van der Waals surface area contributed by atoms with Crippen molar-refractivity contribution >= 4 is 22.4 Å². The second-order valence-electron chi connectivity index (χ2n) is 6.41. The quantitative estimate of drug-likeness (QED) is 0.572. The zero-order valence-electron chi connectivity index (χ0n) is 15.1. The number of aromatic nitrogens is 2. The Balaban J connectivity index is 1.63. The van der Waals surface area contributed by atoms with Gasteiger partial charge in [-0.05, 0) is 29.0 Å². The Morgan fingerprint density at radius 1 is 0.966 bits per heavy atom. The molecule has 1 aromatic heterocycles. The smallest absolute Gasteiger partial charge is 0.267 e. The molecule has 0 atom stereocenters. The predicted molar refractivity (Wildman–Crippen MR) is 106 cm³/mol. The summed E-state index contributed by atoms with van der Waals surface area (Å²) in [6, 6.07) is 19.2. The number of hydrogen-bond donors (Lipinski definition) is 1. The van der Waals surface area contributed by atoms with Gasteiger partial charge in [0.1, 0.15) is 18.2 Å². The number of halogens is 2. The maximum atomic E-state index is 13.7. The highest BCUT2D eigenvalue weighted by Gasteiger charge is 2.12. The van der Waals surface area contributed by atoms with E-state index in [0.717, 1.165) is 33.2 Å². The zero-order valence-corrected chi connectivity index (χ0v) is 15.1. The van der Waals surface area contributed by atoms with Crippen LogP contribution >= 0.6 is 0 Å². The number of carbonyl (C=O) groups is 1. The molecule has 0 fully saturated rings. The van der Waals surface area contributed by atoms with Crippen LogP contribution in [0.2, 0.25) is 0 Å². The monoisotopic (exact) mass is 391 g/mol. The Morgan fingerprint density at radius 3 is 2.59 bits per heavy atom. The average molecular weight is 391 g/mol. The van der Waals surface area contributed by atoms with E-state index in [-0.39, 0.29) is 5.69 Å². The summed E-state index contributed by atoms with van der Waals surface area (Å²) in [4.78, 5) is 24.4. The minimum atomic E-state index is -0.900. The molecule has 0 aliphatic rings. The fourth-order valence-electron chi connectivity index (χ4n) is 3.07. The Hall–Kier alpha value is -3.87. The molecule has 29 heavy (non-hydrogen) atoms. The second-order valence-corrected chi connectivity index (χ2v) is 6.41. The third-order valence-corrected chi connectivity index (χ3v) is 4.43. The number of hydrogen-bond acceptors (Lipinski definition) is 3. The van der Waals surface area contributed by atoms with E-state index in [1.807, 2.05) is 42.5 Å². The first-order valence-electron chi connectivity index (χ1n) is 8.82. The van der Waals surface area contributed by atoms with Gasteiger partial charge >= 0.3 is 0 Å². The SMILES string of the molecule is O=C(Cn1nc(-c2cccc3ccccc23)ccc1=O)Nc1ccc(F)cc1F. The van der Waals surface area contributed by atoms with Gasteiger partial charge in [0.15, 0.2) is 0 Å². The van der Waals surface area contributed by atoms with Crippen LogP contribution in [0.25, 0.3) is 22.0 Å². The summed E-state index contributed by atoms with van der Waals surface area (Å²) in [5.41, 5.74) is 0.711. The summed E-state index contributed by atoms with van der Waals surface area (Å²) in [5.74, 6) is -2.30. The van der Waals surface area contributed by atoms with Crippen molar-refractivity contribution in [1.29, 1.82) is 0 Å². The molecule has 1 amide bonds. The van der Waals surface area contributed by atoms with Crippen molar-refractivity contribution in [2.24, 2.45) is 0 Å². The lowest BCUT2D eigenvalue weighted by molar-refractivity contribution is -0.117. The predicted octanol–water partition coefficient (Wildman–Crippen LogP) is 3.98. The first-order chi connectivity index (χ1) is 14.0. The number of amides is 1. The first kappa shape index (κ1) is 18.5. The molecule has 0 aliphatic heterocycles. The molecule has 0 aliphatic carbocycles. The normalized spacial score (nSPS) is 10.8. The van der Waals surface area contributed by atoms with E-state index in [4.69, 9.17) is 0 Å². The lowest BCUT2D eigenvalue weighted by atomic mass is 10.0. The fourth-order valence-corrected chi connectivity index (χ4v) is 3.07. The molecule has 4 aromatic rings.